The Hall–Kier alpha value is -4.04. The van der Waals surface area contributed by atoms with Crippen LogP contribution in [0.25, 0.3) is 22.0 Å². The Balaban J connectivity index is 1.21. The first-order valence-electron chi connectivity index (χ1n) is 12.8. The summed E-state index contributed by atoms with van der Waals surface area (Å²) in [6, 6.07) is 17.5. The first kappa shape index (κ1) is 25.6. The maximum Gasteiger partial charge on any atom is 0.253 e. The first-order chi connectivity index (χ1) is 18.4. The third kappa shape index (κ3) is 5.45. The third-order valence-electron chi connectivity index (χ3n) is 7.17. The number of likely N-dealkylation sites (tertiary alicyclic amines) is 1. The van der Waals surface area contributed by atoms with E-state index < -0.39 is 0 Å². The smallest absolute Gasteiger partial charge is 0.253 e. The molecule has 1 saturated heterocycles. The standard InChI is InChI=1S/C30H31FN4O3/c1-20-26(29(36)32-14-16-38-2)11-12-28-27(20)19-35(33-28)18-21-13-15-34(17-21)30(37)24-5-3-22(4-6-24)23-7-9-25(31)10-8-23/h3-12,19,21H,13-18H2,1-2H3,(H,32,36)/t21-/m0/s1. The minimum Gasteiger partial charge on any atom is -0.383 e. The number of methoxy groups -OCH3 is 1. The summed E-state index contributed by atoms with van der Waals surface area (Å²) in [6.45, 7) is 4.94. The van der Waals surface area contributed by atoms with Gasteiger partial charge in [-0.3, -0.25) is 14.3 Å². The third-order valence-corrected chi connectivity index (χ3v) is 7.17. The number of aryl methyl sites for hydroxylation is 1. The molecule has 0 unspecified atom stereocenters. The Morgan fingerprint density at radius 2 is 1.76 bits per heavy atom. The molecule has 0 radical (unpaired) electrons. The summed E-state index contributed by atoms with van der Waals surface area (Å²) in [5, 5.41) is 8.55. The Morgan fingerprint density at radius 1 is 1.05 bits per heavy atom. The van der Waals surface area contributed by atoms with E-state index in [2.05, 4.69) is 5.32 Å². The average Bonchev–Trinajstić information content (AvgIpc) is 3.57. The molecule has 4 aromatic rings. The second-order valence-corrected chi connectivity index (χ2v) is 9.76. The van der Waals surface area contributed by atoms with Gasteiger partial charge >= 0.3 is 0 Å². The summed E-state index contributed by atoms with van der Waals surface area (Å²) < 4.78 is 20.1. The lowest BCUT2D eigenvalue weighted by molar-refractivity contribution is 0.0785. The van der Waals surface area contributed by atoms with Gasteiger partial charge in [-0.2, -0.15) is 5.10 Å². The van der Waals surface area contributed by atoms with E-state index in [0.717, 1.165) is 34.0 Å². The summed E-state index contributed by atoms with van der Waals surface area (Å²) >= 11 is 0. The maximum atomic E-state index is 13.2. The SMILES string of the molecule is COCCNC(=O)c1ccc2nn(C[C@H]3CCN(C(=O)c4ccc(-c5ccc(F)cc5)cc4)C3)cc2c1C. The summed E-state index contributed by atoms with van der Waals surface area (Å²) in [7, 11) is 1.60. The molecule has 1 atom stereocenters. The molecule has 0 saturated carbocycles. The summed E-state index contributed by atoms with van der Waals surface area (Å²) in [5.41, 5.74) is 4.88. The van der Waals surface area contributed by atoms with Gasteiger partial charge in [-0.05, 0) is 72.4 Å². The van der Waals surface area contributed by atoms with Crippen LogP contribution in [-0.4, -0.2) is 59.8 Å². The van der Waals surface area contributed by atoms with E-state index in [1.807, 2.05) is 59.1 Å². The van der Waals surface area contributed by atoms with Gasteiger partial charge in [0.15, 0.2) is 0 Å². The van der Waals surface area contributed by atoms with E-state index in [0.29, 0.717) is 49.8 Å². The van der Waals surface area contributed by atoms with Crippen molar-refractivity contribution in [2.24, 2.45) is 5.92 Å². The highest BCUT2D eigenvalue weighted by Crippen LogP contribution is 2.25. The molecule has 1 N–H and O–H groups in total. The van der Waals surface area contributed by atoms with Crippen molar-refractivity contribution in [2.45, 2.75) is 19.9 Å². The average molecular weight is 515 g/mol. The summed E-state index contributed by atoms with van der Waals surface area (Å²) in [6.07, 6.45) is 2.90. The molecule has 1 aliphatic heterocycles. The van der Waals surface area contributed by atoms with Crippen molar-refractivity contribution in [2.75, 3.05) is 33.4 Å². The molecule has 7 nitrogen and oxygen atoms in total. The Kier molecular flexibility index (Phi) is 7.51. The molecular formula is C30H31FN4O3. The number of carbonyl (C=O) groups is 2. The monoisotopic (exact) mass is 514 g/mol. The molecule has 1 fully saturated rings. The van der Waals surface area contributed by atoms with E-state index >= 15 is 0 Å². The van der Waals surface area contributed by atoms with E-state index in [4.69, 9.17) is 9.84 Å². The Morgan fingerprint density at radius 3 is 2.47 bits per heavy atom. The van der Waals surface area contributed by atoms with Gasteiger partial charge in [0.25, 0.3) is 11.8 Å². The van der Waals surface area contributed by atoms with Gasteiger partial charge in [-0.15, -0.1) is 0 Å². The predicted molar refractivity (Wildman–Crippen MR) is 145 cm³/mol. The molecule has 0 aliphatic carbocycles. The fourth-order valence-electron chi connectivity index (χ4n) is 5.04. The molecule has 0 bridgehead atoms. The van der Waals surface area contributed by atoms with Crippen LogP contribution < -0.4 is 5.32 Å². The lowest BCUT2D eigenvalue weighted by Gasteiger charge is -2.17. The van der Waals surface area contributed by atoms with Gasteiger partial charge in [0.2, 0.25) is 0 Å². The number of carbonyl (C=O) groups excluding carboxylic acids is 2. The van der Waals surface area contributed by atoms with Gasteiger partial charge in [0.1, 0.15) is 5.82 Å². The van der Waals surface area contributed by atoms with Gasteiger partial charge < -0.3 is 15.0 Å². The van der Waals surface area contributed by atoms with Crippen LogP contribution in [0.1, 0.15) is 32.7 Å². The van der Waals surface area contributed by atoms with Crippen LogP contribution in [0.15, 0.2) is 66.9 Å². The molecule has 2 amide bonds. The van der Waals surface area contributed by atoms with Crippen LogP contribution >= 0.6 is 0 Å². The second kappa shape index (κ2) is 11.1. The number of nitrogens with one attached hydrogen (secondary N) is 1. The van der Waals surface area contributed by atoms with E-state index in [1.54, 1.807) is 19.2 Å². The number of fused-ring (bicyclic) bond motifs is 1. The van der Waals surface area contributed by atoms with Crippen molar-refractivity contribution in [1.29, 1.82) is 0 Å². The quantitative estimate of drug-likeness (QED) is 0.346. The zero-order chi connectivity index (χ0) is 26.6. The highest BCUT2D eigenvalue weighted by atomic mass is 19.1. The summed E-state index contributed by atoms with van der Waals surface area (Å²) in [4.78, 5) is 27.6. The van der Waals surface area contributed by atoms with Crippen molar-refractivity contribution in [3.05, 3.63) is 89.4 Å². The van der Waals surface area contributed by atoms with Gasteiger partial charge in [-0.1, -0.05) is 24.3 Å². The maximum absolute atomic E-state index is 13.2. The number of hydrogen-bond donors (Lipinski definition) is 1. The number of rotatable bonds is 8. The second-order valence-electron chi connectivity index (χ2n) is 9.76. The number of hydrogen-bond acceptors (Lipinski definition) is 4. The lowest BCUT2D eigenvalue weighted by atomic mass is 10.0. The van der Waals surface area contributed by atoms with Gasteiger partial charge in [-0.25, -0.2) is 4.39 Å². The molecule has 3 aromatic carbocycles. The number of halogens is 1. The fourth-order valence-corrected chi connectivity index (χ4v) is 5.04. The van der Waals surface area contributed by atoms with Crippen molar-refractivity contribution in [1.82, 2.24) is 20.0 Å². The molecule has 1 aromatic heterocycles. The fraction of sp³-hybridized carbons (Fsp3) is 0.300. The number of nitrogens with zero attached hydrogens (tertiary/aromatic N) is 3. The molecule has 0 spiro atoms. The van der Waals surface area contributed by atoms with Crippen molar-refractivity contribution < 1.29 is 18.7 Å². The Bertz CT molecular complexity index is 1450. The highest BCUT2D eigenvalue weighted by molar-refractivity contribution is 6.00. The van der Waals surface area contributed by atoms with Crippen LogP contribution in [0.5, 0.6) is 0 Å². The minimum atomic E-state index is -0.270. The summed E-state index contributed by atoms with van der Waals surface area (Å²) in [5.74, 6) is -0.0779. The number of ether oxygens (including phenoxy) is 1. The zero-order valence-corrected chi connectivity index (χ0v) is 21.6. The van der Waals surface area contributed by atoms with Crippen LogP contribution in [0.2, 0.25) is 0 Å². The van der Waals surface area contributed by atoms with Gasteiger partial charge in [0, 0.05) is 56.0 Å². The van der Waals surface area contributed by atoms with Crippen LogP contribution in [0, 0.1) is 18.7 Å². The van der Waals surface area contributed by atoms with E-state index in [-0.39, 0.29) is 17.6 Å². The van der Waals surface area contributed by atoms with Crippen molar-refractivity contribution in [3.63, 3.8) is 0 Å². The molecule has 2 heterocycles. The van der Waals surface area contributed by atoms with Crippen LogP contribution in [0.3, 0.4) is 0 Å². The highest BCUT2D eigenvalue weighted by Gasteiger charge is 2.27. The predicted octanol–water partition coefficient (Wildman–Crippen LogP) is 4.69. The van der Waals surface area contributed by atoms with Gasteiger partial charge in [0.05, 0.1) is 12.1 Å². The molecule has 8 heteroatoms. The van der Waals surface area contributed by atoms with E-state index in [1.165, 1.54) is 12.1 Å². The van der Waals surface area contributed by atoms with Crippen LogP contribution in [-0.2, 0) is 11.3 Å². The van der Waals surface area contributed by atoms with Crippen molar-refractivity contribution >= 4 is 22.7 Å². The topological polar surface area (TPSA) is 76.5 Å². The Labute approximate surface area is 221 Å². The molecule has 196 valence electrons. The van der Waals surface area contributed by atoms with E-state index in [9.17, 15) is 14.0 Å². The number of aromatic nitrogens is 2. The number of amides is 2. The molecule has 38 heavy (non-hydrogen) atoms. The minimum absolute atomic E-state index is 0.0174. The number of benzene rings is 3. The molecule has 5 rings (SSSR count). The molecular weight excluding hydrogens is 483 g/mol. The zero-order valence-electron chi connectivity index (χ0n) is 21.6. The lowest BCUT2D eigenvalue weighted by Crippen LogP contribution is -2.29. The first-order valence-corrected chi connectivity index (χ1v) is 12.8. The van der Waals surface area contributed by atoms with Crippen molar-refractivity contribution in [3.8, 4) is 11.1 Å². The largest absolute Gasteiger partial charge is 0.383 e. The van der Waals surface area contributed by atoms with Crippen LogP contribution in [0.4, 0.5) is 4.39 Å². The molecule has 1 aliphatic rings. The normalized spacial score (nSPS) is 15.2.